The third-order valence-electron chi connectivity index (χ3n) is 10.4. The van der Waals surface area contributed by atoms with E-state index in [-0.39, 0.29) is 29.9 Å². The Morgan fingerprint density at radius 1 is 0.525 bits per heavy atom. The molecule has 2 N–H and O–H groups in total. The van der Waals surface area contributed by atoms with Crippen LogP contribution in [0.5, 0.6) is 23.0 Å². The number of ether oxygens (including phenoxy) is 4. The Hall–Kier alpha value is -7.32. The number of nitrogens with one attached hydrogen (secondary N) is 2. The van der Waals surface area contributed by atoms with Gasteiger partial charge in [-0.1, -0.05) is 117 Å². The Bertz CT molecular complexity index is 2610. The molecule has 59 heavy (non-hydrogen) atoms. The van der Waals surface area contributed by atoms with E-state index in [1.807, 2.05) is 141 Å². The molecule has 7 aromatic rings. The second kappa shape index (κ2) is 17.0. The number of rotatable bonds is 8. The maximum Gasteiger partial charge on any atom is 0.255 e. The number of hydrogen-bond acceptors (Lipinski definition) is 6. The lowest BCUT2D eigenvalue weighted by Gasteiger charge is -2.30. The van der Waals surface area contributed by atoms with Crippen LogP contribution in [0.3, 0.4) is 0 Å². The van der Waals surface area contributed by atoms with Crippen LogP contribution in [-0.4, -0.2) is 26.0 Å². The molecule has 2 unspecified atom stereocenters. The first-order valence-electron chi connectivity index (χ1n) is 19.6. The molecule has 9 rings (SSSR count). The van der Waals surface area contributed by atoms with Crippen molar-refractivity contribution >= 4 is 23.2 Å². The molecule has 7 aromatic carbocycles. The molecule has 294 valence electrons. The molecule has 0 fully saturated rings. The van der Waals surface area contributed by atoms with Gasteiger partial charge in [0.15, 0.2) is 0 Å². The molecular weight excluding hydrogens is 737 g/mol. The van der Waals surface area contributed by atoms with Crippen molar-refractivity contribution in [3.8, 4) is 45.3 Å². The van der Waals surface area contributed by atoms with Gasteiger partial charge in [0, 0.05) is 34.0 Å². The molecule has 0 saturated carbocycles. The minimum Gasteiger partial charge on any atom is -0.496 e. The van der Waals surface area contributed by atoms with Gasteiger partial charge in [0.25, 0.3) is 5.91 Å². The van der Waals surface area contributed by atoms with Crippen LogP contribution in [0.4, 0.5) is 11.4 Å². The Kier molecular flexibility index (Phi) is 11.1. The maximum absolute atomic E-state index is 12.7. The smallest absolute Gasteiger partial charge is 0.255 e. The molecule has 2 atom stereocenters. The molecule has 0 aromatic heterocycles. The summed E-state index contributed by atoms with van der Waals surface area (Å²) in [6.45, 7) is 3.76. The highest BCUT2D eigenvalue weighted by Crippen LogP contribution is 2.51. The highest BCUT2D eigenvalue weighted by atomic mass is 16.5. The summed E-state index contributed by atoms with van der Waals surface area (Å²) >= 11 is 0. The topological polar surface area (TPSA) is 95.1 Å². The van der Waals surface area contributed by atoms with Gasteiger partial charge < -0.3 is 29.6 Å². The summed E-state index contributed by atoms with van der Waals surface area (Å²) in [7, 11) is 3.32. The third-order valence-corrected chi connectivity index (χ3v) is 10.4. The van der Waals surface area contributed by atoms with Crippen LogP contribution < -0.4 is 29.6 Å². The fourth-order valence-electron chi connectivity index (χ4n) is 7.47. The van der Waals surface area contributed by atoms with Gasteiger partial charge in [-0.15, -0.1) is 0 Å². The van der Waals surface area contributed by atoms with E-state index >= 15 is 0 Å². The number of hydrogen-bond donors (Lipinski definition) is 2. The van der Waals surface area contributed by atoms with E-state index in [0.717, 1.165) is 78.9 Å². The number of fused-ring (bicyclic) bond motifs is 6. The lowest BCUT2D eigenvalue weighted by Crippen LogP contribution is -2.19. The highest BCUT2D eigenvalue weighted by Gasteiger charge is 2.31. The summed E-state index contributed by atoms with van der Waals surface area (Å²) in [5.41, 5.74) is 10.1. The van der Waals surface area contributed by atoms with Crippen molar-refractivity contribution in [1.82, 2.24) is 0 Å². The molecule has 0 aliphatic carbocycles. The van der Waals surface area contributed by atoms with E-state index < -0.39 is 0 Å². The molecule has 0 saturated heterocycles. The minimum absolute atomic E-state index is 0.00841. The van der Waals surface area contributed by atoms with Crippen LogP contribution in [0.2, 0.25) is 0 Å². The first kappa shape index (κ1) is 38.5. The second-order valence-electron chi connectivity index (χ2n) is 14.6. The van der Waals surface area contributed by atoms with Crippen molar-refractivity contribution in [3.05, 3.63) is 192 Å². The highest BCUT2D eigenvalue weighted by molar-refractivity contribution is 6.04. The van der Waals surface area contributed by atoms with Crippen molar-refractivity contribution < 1.29 is 28.5 Å². The molecule has 2 aliphatic rings. The quantitative estimate of drug-likeness (QED) is 0.159. The number of anilines is 2. The van der Waals surface area contributed by atoms with E-state index in [9.17, 15) is 9.59 Å². The van der Waals surface area contributed by atoms with Crippen LogP contribution >= 0.6 is 0 Å². The number of benzene rings is 7. The molecule has 8 heteroatoms. The van der Waals surface area contributed by atoms with E-state index in [2.05, 4.69) is 34.9 Å². The average molecular weight is 781 g/mol. The van der Waals surface area contributed by atoms with E-state index in [1.54, 1.807) is 26.4 Å². The largest absolute Gasteiger partial charge is 0.496 e. The maximum atomic E-state index is 12.7. The summed E-state index contributed by atoms with van der Waals surface area (Å²) in [6, 6.07) is 52.9. The summed E-state index contributed by atoms with van der Waals surface area (Å²) in [4.78, 5) is 24.8. The van der Waals surface area contributed by atoms with Crippen LogP contribution in [0.15, 0.2) is 164 Å². The Morgan fingerprint density at radius 2 is 0.966 bits per heavy atom. The van der Waals surface area contributed by atoms with Crippen molar-refractivity contribution in [1.29, 1.82) is 0 Å². The summed E-state index contributed by atoms with van der Waals surface area (Å²) < 4.78 is 24.0. The first-order valence-corrected chi connectivity index (χ1v) is 19.6. The van der Waals surface area contributed by atoms with Crippen molar-refractivity contribution in [3.63, 3.8) is 0 Å². The van der Waals surface area contributed by atoms with Crippen LogP contribution in [0.25, 0.3) is 22.3 Å². The predicted molar refractivity (Wildman–Crippen MR) is 233 cm³/mol. The SMILES string of the molecule is COc1cccc2c1-c1ccc(NC(=O)C(C)C)cc1C(c1ccccc1)O2.COc1cccc2c1-c1ccc(NC(=O)c3ccccc3)cc1C(c1ccccc1)O2. The van der Waals surface area contributed by atoms with Gasteiger partial charge in [0.2, 0.25) is 5.91 Å². The number of carbonyl (C=O) groups is 2. The van der Waals surface area contributed by atoms with Crippen molar-refractivity contribution in [2.24, 2.45) is 5.92 Å². The minimum atomic E-state index is -0.288. The summed E-state index contributed by atoms with van der Waals surface area (Å²) in [5, 5.41) is 6.00. The van der Waals surface area contributed by atoms with Crippen molar-refractivity contribution in [2.75, 3.05) is 24.9 Å². The van der Waals surface area contributed by atoms with E-state index in [1.165, 1.54) is 0 Å². The Labute approximate surface area is 344 Å². The van der Waals surface area contributed by atoms with Gasteiger partial charge in [-0.25, -0.2) is 0 Å². The molecule has 2 aliphatic heterocycles. The van der Waals surface area contributed by atoms with E-state index in [0.29, 0.717) is 5.56 Å². The number of carbonyl (C=O) groups excluding carboxylic acids is 2. The zero-order valence-electron chi connectivity index (χ0n) is 33.3. The molecule has 2 amide bonds. The van der Waals surface area contributed by atoms with Gasteiger partial charge in [0.1, 0.15) is 35.2 Å². The zero-order valence-corrected chi connectivity index (χ0v) is 33.3. The lowest BCUT2D eigenvalue weighted by atomic mass is 9.88. The normalized spacial score (nSPS) is 14.3. The first-order chi connectivity index (χ1) is 28.8. The number of methoxy groups -OCH3 is 2. The second-order valence-corrected chi connectivity index (χ2v) is 14.6. The van der Waals surface area contributed by atoms with Gasteiger partial charge in [-0.05, 0) is 82.9 Å². The zero-order chi connectivity index (χ0) is 40.9. The third kappa shape index (κ3) is 7.98. The van der Waals surface area contributed by atoms with Gasteiger partial charge >= 0.3 is 0 Å². The fraction of sp³-hybridized carbons (Fsp3) is 0.137. The molecule has 0 spiro atoms. The average Bonchev–Trinajstić information content (AvgIpc) is 3.28. The summed E-state index contributed by atoms with van der Waals surface area (Å²) in [5.74, 6) is 2.85. The predicted octanol–water partition coefficient (Wildman–Crippen LogP) is 11.5. The molecule has 0 radical (unpaired) electrons. The molecule has 0 bridgehead atoms. The molecule has 8 nitrogen and oxygen atoms in total. The van der Waals surface area contributed by atoms with Crippen molar-refractivity contribution in [2.45, 2.75) is 26.1 Å². The monoisotopic (exact) mass is 780 g/mol. The van der Waals surface area contributed by atoms with Crippen LogP contribution in [0.1, 0.15) is 58.7 Å². The molecule has 2 heterocycles. The van der Waals surface area contributed by atoms with Gasteiger partial charge in [-0.2, -0.15) is 0 Å². The van der Waals surface area contributed by atoms with E-state index in [4.69, 9.17) is 18.9 Å². The van der Waals surface area contributed by atoms with Gasteiger partial charge in [0.05, 0.1) is 25.3 Å². The standard InChI is InChI=1S/C27H21NO3.C24H23NO3/c1-30-23-13-8-14-24-25(23)21-16-15-20(28-27(29)19-11-6-3-7-12-19)17-22(21)26(31-24)18-9-4-2-5-10-18;1-15(2)24(26)25-17-12-13-18-19(14-17)23(16-8-5-4-6-9-16)28-21-11-7-10-20(27-3)22(18)21/h2-17,26H,1H3,(H,28,29);4-15,23H,1-3H3,(H,25,26). The fourth-order valence-corrected chi connectivity index (χ4v) is 7.47. The molecular formula is C51H44N2O6. The lowest BCUT2D eigenvalue weighted by molar-refractivity contribution is -0.118. The Morgan fingerprint density at radius 3 is 1.41 bits per heavy atom. The van der Waals surface area contributed by atoms with Crippen LogP contribution in [0, 0.1) is 5.92 Å². The Balaban J connectivity index is 0.000000165. The van der Waals surface area contributed by atoms with Gasteiger partial charge in [-0.3, -0.25) is 9.59 Å². The van der Waals surface area contributed by atoms with Crippen LogP contribution in [-0.2, 0) is 4.79 Å². The number of amides is 2. The summed E-state index contributed by atoms with van der Waals surface area (Å²) in [6.07, 6.45) is -0.545.